The first-order chi connectivity index (χ1) is 12.7. The predicted molar refractivity (Wildman–Crippen MR) is 99.8 cm³/mol. The molecule has 0 aliphatic rings. The summed E-state index contributed by atoms with van der Waals surface area (Å²) in [5.41, 5.74) is 2.16. The highest BCUT2D eigenvalue weighted by molar-refractivity contribution is 5.85. The van der Waals surface area contributed by atoms with E-state index in [1.54, 1.807) is 12.1 Å². The Morgan fingerprint density at radius 3 is 2.27 bits per heavy atom. The second kappa shape index (κ2) is 10.1. The Morgan fingerprint density at radius 1 is 1.04 bits per heavy atom. The van der Waals surface area contributed by atoms with Crippen molar-refractivity contribution in [1.82, 2.24) is 0 Å². The van der Waals surface area contributed by atoms with Crippen LogP contribution in [0.4, 0.5) is 4.39 Å². The Bertz CT molecular complexity index is 794. The van der Waals surface area contributed by atoms with Crippen LogP contribution in [0.2, 0.25) is 0 Å². The molecule has 1 aromatic carbocycles. The van der Waals surface area contributed by atoms with Crippen LogP contribution in [0.1, 0.15) is 43.7 Å². The van der Waals surface area contributed by atoms with Gasteiger partial charge >= 0.3 is 0 Å². The van der Waals surface area contributed by atoms with Crippen molar-refractivity contribution in [3.05, 3.63) is 65.7 Å². The SMILES string of the molecule is CCCCCC[n+]1ccc(C=C(c2ccc(F)cc2)C(C#N)C#N)cc1. The van der Waals surface area contributed by atoms with E-state index in [4.69, 9.17) is 0 Å². The van der Waals surface area contributed by atoms with Crippen LogP contribution in [0.15, 0.2) is 48.8 Å². The second-order valence-corrected chi connectivity index (χ2v) is 6.23. The number of allylic oxidation sites excluding steroid dienone is 1. The van der Waals surface area contributed by atoms with Gasteiger partial charge in [-0.2, -0.15) is 10.5 Å². The van der Waals surface area contributed by atoms with Crippen molar-refractivity contribution in [1.29, 1.82) is 10.5 Å². The minimum Gasteiger partial charge on any atom is -0.207 e. The summed E-state index contributed by atoms with van der Waals surface area (Å²) >= 11 is 0. The molecular formula is C22H23FN3+. The van der Waals surface area contributed by atoms with Gasteiger partial charge in [0.1, 0.15) is 12.4 Å². The van der Waals surface area contributed by atoms with Gasteiger partial charge in [-0.25, -0.2) is 8.96 Å². The molecule has 0 aliphatic carbocycles. The first kappa shape index (κ1) is 19.3. The van der Waals surface area contributed by atoms with Crippen LogP contribution >= 0.6 is 0 Å². The van der Waals surface area contributed by atoms with Gasteiger partial charge in [0.15, 0.2) is 18.3 Å². The number of aryl methyl sites for hydroxylation is 1. The maximum absolute atomic E-state index is 13.2. The molecule has 26 heavy (non-hydrogen) atoms. The Hall–Kier alpha value is -2.98. The van der Waals surface area contributed by atoms with Gasteiger partial charge < -0.3 is 0 Å². The van der Waals surface area contributed by atoms with E-state index in [1.807, 2.05) is 42.7 Å². The van der Waals surface area contributed by atoms with Crippen molar-refractivity contribution < 1.29 is 8.96 Å². The third kappa shape index (κ3) is 5.53. The quantitative estimate of drug-likeness (QED) is 0.503. The Kier molecular flexibility index (Phi) is 7.52. The third-order valence-electron chi connectivity index (χ3n) is 4.26. The third-order valence-corrected chi connectivity index (χ3v) is 4.26. The zero-order valence-corrected chi connectivity index (χ0v) is 15.0. The zero-order valence-electron chi connectivity index (χ0n) is 15.0. The summed E-state index contributed by atoms with van der Waals surface area (Å²) in [7, 11) is 0. The highest BCUT2D eigenvalue weighted by atomic mass is 19.1. The van der Waals surface area contributed by atoms with E-state index in [0.29, 0.717) is 11.1 Å². The van der Waals surface area contributed by atoms with Crippen molar-refractivity contribution in [2.24, 2.45) is 5.92 Å². The number of halogens is 1. The van der Waals surface area contributed by atoms with E-state index in [0.717, 1.165) is 18.5 Å². The summed E-state index contributed by atoms with van der Waals surface area (Å²) in [5.74, 6) is -1.25. The summed E-state index contributed by atoms with van der Waals surface area (Å²) in [4.78, 5) is 0. The highest BCUT2D eigenvalue weighted by Crippen LogP contribution is 2.25. The number of benzene rings is 1. The fraction of sp³-hybridized carbons (Fsp3) is 0.318. The number of unbranched alkanes of at least 4 members (excludes halogenated alkanes) is 3. The highest BCUT2D eigenvalue weighted by Gasteiger charge is 2.15. The first-order valence-corrected chi connectivity index (χ1v) is 8.93. The molecule has 3 nitrogen and oxygen atoms in total. The zero-order chi connectivity index (χ0) is 18.8. The Labute approximate surface area is 154 Å². The van der Waals surface area contributed by atoms with Crippen LogP contribution in [-0.2, 0) is 6.54 Å². The first-order valence-electron chi connectivity index (χ1n) is 8.93. The number of nitriles is 2. The van der Waals surface area contributed by atoms with Gasteiger partial charge in [0.05, 0.1) is 12.1 Å². The topological polar surface area (TPSA) is 51.5 Å². The molecule has 2 rings (SSSR count). The molecule has 0 amide bonds. The molecule has 0 spiro atoms. The summed E-state index contributed by atoms with van der Waals surface area (Å²) in [6.45, 7) is 3.18. The fourth-order valence-corrected chi connectivity index (χ4v) is 2.76. The van der Waals surface area contributed by atoms with Crippen LogP contribution in [0, 0.1) is 34.4 Å². The van der Waals surface area contributed by atoms with Gasteiger partial charge in [-0.05, 0) is 41.3 Å². The lowest BCUT2D eigenvalue weighted by atomic mass is 9.92. The smallest absolute Gasteiger partial charge is 0.169 e. The lowest BCUT2D eigenvalue weighted by molar-refractivity contribution is -0.697. The van der Waals surface area contributed by atoms with Crippen molar-refractivity contribution in [3.8, 4) is 12.1 Å². The second-order valence-electron chi connectivity index (χ2n) is 6.23. The number of rotatable bonds is 8. The Morgan fingerprint density at radius 2 is 1.69 bits per heavy atom. The normalized spacial score (nSPS) is 11.2. The van der Waals surface area contributed by atoms with Gasteiger partial charge in [-0.1, -0.05) is 31.9 Å². The summed E-state index contributed by atoms with van der Waals surface area (Å²) in [5, 5.41) is 18.6. The number of hydrogen-bond donors (Lipinski definition) is 0. The molecule has 0 N–H and O–H groups in total. The largest absolute Gasteiger partial charge is 0.207 e. The average Bonchev–Trinajstić information content (AvgIpc) is 2.67. The molecule has 1 aromatic heterocycles. The lowest BCUT2D eigenvalue weighted by Gasteiger charge is -2.08. The molecule has 0 radical (unpaired) electrons. The van der Waals surface area contributed by atoms with Crippen molar-refractivity contribution in [2.45, 2.75) is 39.2 Å². The average molecular weight is 348 g/mol. The molecule has 4 heteroatoms. The molecule has 1 heterocycles. The molecule has 0 bridgehead atoms. The van der Waals surface area contributed by atoms with E-state index < -0.39 is 5.92 Å². The van der Waals surface area contributed by atoms with Gasteiger partial charge in [0.2, 0.25) is 0 Å². The molecular weight excluding hydrogens is 325 g/mol. The number of nitrogens with zero attached hydrogens (tertiary/aromatic N) is 3. The van der Waals surface area contributed by atoms with Crippen LogP contribution in [-0.4, -0.2) is 0 Å². The van der Waals surface area contributed by atoms with Gasteiger partial charge in [0, 0.05) is 18.6 Å². The molecule has 0 saturated carbocycles. The Balaban J connectivity index is 2.22. The number of hydrogen-bond acceptors (Lipinski definition) is 2. The van der Waals surface area contributed by atoms with Crippen LogP contribution < -0.4 is 4.57 Å². The molecule has 0 fully saturated rings. The minimum absolute atomic E-state index is 0.345. The van der Waals surface area contributed by atoms with Crippen LogP contribution in [0.5, 0.6) is 0 Å². The standard InChI is InChI=1S/C22H23FN3/c1-2-3-4-5-12-26-13-10-18(11-14-26)15-22(20(16-24)17-25)19-6-8-21(23)9-7-19/h6-11,13-15,20H,2-5,12H2,1H3/q+1. The van der Waals surface area contributed by atoms with Gasteiger partial charge in [-0.3, -0.25) is 0 Å². The van der Waals surface area contributed by atoms with E-state index in [9.17, 15) is 14.9 Å². The minimum atomic E-state index is -0.901. The monoisotopic (exact) mass is 348 g/mol. The van der Waals surface area contributed by atoms with Gasteiger partial charge in [-0.15, -0.1) is 0 Å². The van der Waals surface area contributed by atoms with Crippen molar-refractivity contribution >= 4 is 11.6 Å². The molecule has 0 aliphatic heterocycles. The fourth-order valence-electron chi connectivity index (χ4n) is 2.76. The summed E-state index contributed by atoms with van der Waals surface area (Å²) in [6.07, 6.45) is 10.7. The van der Waals surface area contributed by atoms with E-state index >= 15 is 0 Å². The maximum Gasteiger partial charge on any atom is 0.169 e. The maximum atomic E-state index is 13.2. The van der Waals surface area contributed by atoms with Crippen molar-refractivity contribution in [3.63, 3.8) is 0 Å². The molecule has 2 aromatic rings. The molecule has 132 valence electrons. The van der Waals surface area contributed by atoms with E-state index in [1.165, 1.54) is 31.4 Å². The number of aromatic nitrogens is 1. The van der Waals surface area contributed by atoms with E-state index in [-0.39, 0.29) is 5.82 Å². The molecule has 0 saturated heterocycles. The van der Waals surface area contributed by atoms with Gasteiger partial charge in [0.25, 0.3) is 0 Å². The predicted octanol–water partition coefficient (Wildman–Crippen LogP) is 4.90. The van der Waals surface area contributed by atoms with Crippen molar-refractivity contribution in [2.75, 3.05) is 0 Å². The molecule has 0 unspecified atom stereocenters. The lowest BCUT2D eigenvalue weighted by Crippen LogP contribution is -2.32. The number of pyridine rings is 1. The molecule has 0 atom stereocenters. The summed E-state index contributed by atoms with van der Waals surface area (Å²) < 4.78 is 15.3. The van der Waals surface area contributed by atoms with E-state index in [2.05, 4.69) is 11.5 Å². The summed E-state index contributed by atoms with van der Waals surface area (Å²) in [6, 6.07) is 13.8. The van der Waals surface area contributed by atoms with Crippen LogP contribution in [0.25, 0.3) is 11.6 Å². The van der Waals surface area contributed by atoms with Crippen LogP contribution in [0.3, 0.4) is 0 Å².